The van der Waals surface area contributed by atoms with Crippen LogP contribution >= 0.6 is 11.8 Å². The molecule has 2 aromatic rings. The molecule has 4 rings (SSSR count). The number of hydrogen-bond donors (Lipinski definition) is 1. The van der Waals surface area contributed by atoms with Crippen LogP contribution in [0.15, 0.2) is 29.4 Å². The third kappa shape index (κ3) is 3.08. The van der Waals surface area contributed by atoms with Gasteiger partial charge in [0.2, 0.25) is 11.1 Å². The number of hydrogen-bond acceptors (Lipinski definition) is 7. The maximum Gasteiger partial charge on any atom is 0.269 e. The minimum absolute atomic E-state index is 0.0114. The minimum atomic E-state index is -0.475. The lowest BCUT2D eigenvalue weighted by Gasteiger charge is -2.34. The van der Waals surface area contributed by atoms with Crippen LogP contribution in [0.25, 0.3) is 0 Å². The van der Waals surface area contributed by atoms with E-state index in [2.05, 4.69) is 36.3 Å². The molecule has 0 saturated heterocycles. The van der Waals surface area contributed by atoms with Crippen LogP contribution in [-0.4, -0.2) is 31.3 Å². The summed E-state index contributed by atoms with van der Waals surface area (Å²) in [6, 6.07) is 5.75. The quantitative estimate of drug-likeness (QED) is 0.447. The molecule has 0 radical (unpaired) electrons. The topological polar surface area (TPSA) is 111 Å². The van der Waals surface area contributed by atoms with Crippen molar-refractivity contribution in [3.63, 3.8) is 0 Å². The van der Waals surface area contributed by atoms with Crippen LogP contribution in [0, 0.1) is 15.5 Å². The van der Waals surface area contributed by atoms with E-state index in [1.807, 2.05) is 0 Å². The highest BCUT2D eigenvalue weighted by molar-refractivity contribution is 8.00. The molecular weight excluding hydrogens is 390 g/mol. The number of amides is 1. The van der Waals surface area contributed by atoms with Gasteiger partial charge in [0.05, 0.1) is 21.6 Å². The fourth-order valence-corrected chi connectivity index (χ4v) is 5.25. The van der Waals surface area contributed by atoms with Gasteiger partial charge in [0.15, 0.2) is 0 Å². The SMILES string of the molecule is C[C@H](Sc1nnc2c(n1)[C@]1(C)CC[C@@H]2C1(C)C)C(=O)Nc1ccc([N+](=O)[O-])cc1. The molecule has 152 valence electrons. The van der Waals surface area contributed by atoms with Crippen molar-refractivity contribution in [1.82, 2.24) is 15.2 Å². The predicted molar refractivity (Wildman–Crippen MR) is 110 cm³/mol. The lowest BCUT2D eigenvalue weighted by atomic mass is 9.70. The van der Waals surface area contributed by atoms with E-state index in [9.17, 15) is 14.9 Å². The maximum atomic E-state index is 12.5. The zero-order valence-corrected chi connectivity index (χ0v) is 17.6. The van der Waals surface area contributed by atoms with E-state index < -0.39 is 10.2 Å². The Morgan fingerprint density at radius 3 is 2.62 bits per heavy atom. The van der Waals surface area contributed by atoms with Crippen molar-refractivity contribution in [2.45, 2.75) is 62.3 Å². The van der Waals surface area contributed by atoms with Gasteiger partial charge in [-0.2, -0.15) is 5.10 Å². The van der Waals surface area contributed by atoms with Crippen LogP contribution in [0.4, 0.5) is 11.4 Å². The van der Waals surface area contributed by atoms with Gasteiger partial charge in [0, 0.05) is 29.2 Å². The Bertz CT molecular complexity index is 994. The van der Waals surface area contributed by atoms with Gasteiger partial charge < -0.3 is 5.32 Å². The number of anilines is 1. The van der Waals surface area contributed by atoms with E-state index >= 15 is 0 Å². The van der Waals surface area contributed by atoms with Crippen molar-refractivity contribution < 1.29 is 9.72 Å². The third-order valence-corrected chi connectivity index (χ3v) is 7.72. The van der Waals surface area contributed by atoms with Crippen molar-refractivity contribution in [3.8, 4) is 0 Å². The summed E-state index contributed by atoms with van der Waals surface area (Å²) in [5, 5.41) is 22.3. The molecule has 0 unspecified atom stereocenters. The van der Waals surface area contributed by atoms with Crippen molar-refractivity contribution >= 4 is 29.0 Å². The van der Waals surface area contributed by atoms with Crippen molar-refractivity contribution in [2.24, 2.45) is 5.41 Å². The van der Waals surface area contributed by atoms with Gasteiger partial charge in [-0.15, -0.1) is 5.10 Å². The molecule has 2 aliphatic rings. The average molecular weight is 414 g/mol. The third-order valence-electron chi connectivity index (χ3n) is 6.77. The Hall–Kier alpha value is -2.55. The standard InChI is InChI=1S/C20H23N5O3S/c1-11(17(26)21-12-5-7-13(8-6-12)25(27)28)29-18-22-16-15(23-24-18)14-9-10-20(16,4)19(14,2)3/h5-8,11,14H,9-10H2,1-4H3,(H,21,26)/t11-,14-,20-/m0/s1. The normalized spacial score (nSPS) is 24.8. The molecule has 1 heterocycles. The van der Waals surface area contributed by atoms with Gasteiger partial charge in [0.25, 0.3) is 5.69 Å². The monoisotopic (exact) mass is 413 g/mol. The lowest BCUT2D eigenvalue weighted by molar-refractivity contribution is -0.384. The molecule has 3 atom stereocenters. The molecule has 1 amide bonds. The van der Waals surface area contributed by atoms with E-state index in [-0.39, 0.29) is 22.4 Å². The van der Waals surface area contributed by atoms with Crippen LogP contribution in [0.3, 0.4) is 0 Å². The van der Waals surface area contributed by atoms with E-state index in [0.29, 0.717) is 16.8 Å². The fourth-order valence-electron chi connectivity index (χ4n) is 4.53. The first-order valence-electron chi connectivity index (χ1n) is 9.60. The van der Waals surface area contributed by atoms with E-state index in [1.165, 1.54) is 36.0 Å². The number of nitro benzene ring substituents is 1. The van der Waals surface area contributed by atoms with Crippen LogP contribution < -0.4 is 5.32 Å². The number of benzene rings is 1. The highest BCUT2D eigenvalue weighted by Gasteiger charge is 2.61. The Labute approximate surface area is 173 Å². The van der Waals surface area contributed by atoms with Gasteiger partial charge in [-0.3, -0.25) is 14.9 Å². The van der Waals surface area contributed by atoms with E-state index in [1.54, 1.807) is 6.92 Å². The van der Waals surface area contributed by atoms with Crippen LogP contribution in [0.1, 0.15) is 57.8 Å². The van der Waals surface area contributed by atoms with Gasteiger partial charge in [0.1, 0.15) is 0 Å². The zero-order chi connectivity index (χ0) is 21.0. The molecule has 1 fully saturated rings. The smallest absolute Gasteiger partial charge is 0.269 e. The van der Waals surface area contributed by atoms with Gasteiger partial charge in [-0.25, -0.2) is 4.98 Å². The highest BCUT2D eigenvalue weighted by atomic mass is 32.2. The summed E-state index contributed by atoms with van der Waals surface area (Å²) >= 11 is 1.27. The second-order valence-corrected chi connectivity index (χ2v) is 9.83. The summed E-state index contributed by atoms with van der Waals surface area (Å²) in [4.78, 5) is 27.6. The Kier molecular flexibility index (Phi) is 4.60. The number of rotatable bonds is 5. The summed E-state index contributed by atoms with van der Waals surface area (Å²) in [6.45, 7) is 8.59. The van der Waals surface area contributed by atoms with Crippen molar-refractivity contribution in [2.75, 3.05) is 5.32 Å². The molecule has 1 N–H and O–H groups in total. The summed E-state index contributed by atoms with van der Waals surface area (Å²) in [5.74, 6) is 0.172. The number of nitro groups is 1. The first-order chi connectivity index (χ1) is 13.6. The summed E-state index contributed by atoms with van der Waals surface area (Å²) in [6.07, 6.45) is 2.21. The molecule has 0 aliphatic heterocycles. The van der Waals surface area contributed by atoms with E-state index in [4.69, 9.17) is 4.98 Å². The molecule has 0 spiro atoms. The summed E-state index contributed by atoms with van der Waals surface area (Å²) < 4.78 is 0. The Balaban J connectivity index is 1.46. The number of carbonyl (C=O) groups excluding carboxylic acids is 1. The van der Waals surface area contributed by atoms with Crippen molar-refractivity contribution in [3.05, 3.63) is 45.8 Å². The van der Waals surface area contributed by atoms with Crippen LogP contribution in [-0.2, 0) is 10.2 Å². The number of carbonyl (C=O) groups is 1. The number of thioether (sulfide) groups is 1. The Morgan fingerprint density at radius 2 is 1.97 bits per heavy atom. The molecule has 2 aliphatic carbocycles. The van der Waals surface area contributed by atoms with Gasteiger partial charge >= 0.3 is 0 Å². The first kappa shape index (κ1) is 19.8. The molecular formula is C20H23N5O3S. The van der Waals surface area contributed by atoms with E-state index in [0.717, 1.165) is 24.2 Å². The molecule has 2 bridgehead atoms. The molecule has 29 heavy (non-hydrogen) atoms. The number of non-ortho nitro benzene ring substituents is 1. The molecule has 9 heteroatoms. The van der Waals surface area contributed by atoms with Gasteiger partial charge in [-0.05, 0) is 37.3 Å². The summed E-state index contributed by atoms with van der Waals surface area (Å²) in [5.41, 5.74) is 2.62. The number of nitrogens with zero attached hydrogens (tertiary/aromatic N) is 4. The fraction of sp³-hybridized carbons (Fsp3) is 0.500. The second kappa shape index (κ2) is 6.76. The predicted octanol–water partition coefficient (Wildman–Crippen LogP) is 4.07. The molecule has 1 aromatic carbocycles. The second-order valence-electron chi connectivity index (χ2n) is 8.53. The average Bonchev–Trinajstić information content (AvgIpc) is 3.01. The van der Waals surface area contributed by atoms with Crippen LogP contribution in [0.5, 0.6) is 0 Å². The maximum absolute atomic E-state index is 12.5. The zero-order valence-electron chi connectivity index (χ0n) is 16.8. The number of nitrogens with one attached hydrogen (secondary N) is 1. The minimum Gasteiger partial charge on any atom is -0.325 e. The van der Waals surface area contributed by atoms with Crippen molar-refractivity contribution in [1.29, 1.82) is 0 Å². The largest absolute Gasteiger partial charge is 0.325 e. The van der Waals surface area contributed by atoms with Crippen LogP contribution in [0.2, 0.25) is 0 Å². The highest BCUT2D eigenvalue weighted by Crippen LogP contribution is 2.66. The molecule has 8 nitrogen and oxygen atoms in total. The number of aromatic nitrogens is 3. The first-order valence-corrected chi connectivity index (χ1v) is 10.5. The molecule has 1 aromatic heterocycles. The summed E-state index contributed by atoms with van der Waals surface area (Å²) in [7, 11) is 0. The lowest BCUT2D eigenvalue weighted by Crippen LogP contribution is -2.32. The Morgan fingerprint density at radius 1 is 1.28 bits per heavy atom. The number of fused-ring (bicyclic) bond motifs is 5. The van der Waals surface area contributed by atoms with Gasteiger partial charge in [-0.1, -0.05) is 32.5 Å². The molecule has 1 saturated carbocycles.